The van der Waals surface area contributed by atoms with Gasteiger partial charge in [0.15, 0.2) is 0 Å². The van der Waals surface area contributed by atoms with E-state index in [1.807, 2.05) is 4.90 Å². The van der Waals surface area contributed by atoms with Crippen molar-refractivity contribution in [1.82, 2.24) is 9.88 Å². The van der Waals surface area contributed by atoms with Crippen LogP contribution in [-0.4, -0.2) is 40.6 Å². The van der Waals surface area contributed by atoms with E-state index in [0.717, 1.165) is 25.1 Å². The Balaban J connectivity index is 2.09. The highest BCUT2D eigenvalue weighted by Crippen LogP contribution is 2.30. The molecule has 0 unspecified atom stereocenters. The molecule has 21 heavy (non-hydrogen) atoms. The highest BCUT2D eigenvalue weighted by atomic mass is 16.2. The molecule has 0 aliphatic heterocycles. The summed E-state index contributed by atoms with van der Waals surface area (Å²) < 4.78 is 0. The minimum Gasteiger partial charge on any atom is -0.395 e. The summed E-state index contributed by atoms with van der Waals surface area (Å²) in [4.78, 5) is 18.6. The summed E-state index contributed by atoms with van der Waals surface area (Å²) in [5, 5.41) is 8.73. The molecule has 0 radical (unpaired) electrons. The summed E-state index contributed by atoms with van der Waals surface area (Å²) >= 11 is 0. The van der Waals surface area contributed by atoms with E-state index in [9.17, 15) is 4.79 Å². The second kappa shape index (κ2) is 7.80. The van der Waals surface area contributed by atoms with Crippen molar-refractivity contribution < 1.29 is 9.90 Å². The maximum absolute atomic E-state index is 12.6. The lowest BCUT2D eigenvalue weighted by molar-refractivity contribution is 0.0747. The fourth-order valence-corrected chi connectivity index (χ4v) is 2.19. The van der Waals surface area contributed by atoms with Gasteiger partial charge < -0.3 is 10.0 Å². The van der Waals surface area contributed by atoms with E-state index in [0.29, 0.717) is 17.9 Å². The molecule has 4 nitrogen and oxygen atoms in total. The van der Waals surface area contributed by atoms with Crippen molar-refractivity contribution in [2.24, 2.45) is 5.92 Å². The van der Waals surface area contributed by atoms with E-state index in [2.05, 4.69) is 23.7 Å². The third kappa shape index (κ3) is 4.87. The highest BCUT2D eigenvalue weighted by molar-refractivity contribution is 5.94. The molecule has 1 saturated carbocycles. The highest BCUT2D eigenvalue weighted by Gasteiger charge is 2.26. The minimum atomic E-state index is 0.0436. The van der Waals surface area contributed by atoms with Gasteiger partial charge in [-0.3, -0.25) is 9.78 Å². The number of hydrogen-bond acceptors (Lipinski definition) is 3. The maximum Gasteiger partial charge on any atom is 0.255 e. The molecule has 0 aromatic carbocycles. The number of hydrogen-bond donors (Lipinski definition) is 1. The van der Waals surface area contributed by atoms with E-state index in [-0.39, 0.29) is 12.5 Å². The average molecular weight is 286 g/mol. The summed E-state index contributed by atoms with van der Waals surface area (Å²) in [7, 11) is 0. The van der Waals surface area contributed by atoms with Crippen LogP contribution in [0.25, 0.3) is 0 Å². The lowest BCUT2D eigenvalue weighted by Crippen LogP contribution is -2.33. The Morgan fingerprint density at radius 2 is 2.29 bits per heavy atom. The number of carbonyl (C=O) groups is 1. The normalized spacial score (nSPS) is 13.4. The molecule has 0 saturated heterocycles. The van der Waals surface area contributed by atoms with Gasteiger partial charge in [0.2, 0.25) is 0 Å². The number of pyridine rings is 1. The molecule has 4 heteroatoms. The van der Waals surface area contributed by atoms with Gasteiger partial charge in [0.05, 0.1) is 12.2 Å². The molecule has 1 aromatic rings. The Morgan fingerprint density at radius 3 is 2.95 bits per heavy atom. The molecule has 1 aromatic heterocycles. The topological polar surface area (TPSA) is 53.4 Å². The molecule has 1 fully saturated rings. The Morgan fingerprint density at radius 1 is 1.48 bits per heavy atom. The van der Waals surface area contributed by atoms with Crippen LogP contribution in [0.2, 0.25) is 0 Å². The summed E-state index contributed by atoms with van der Waals surface area (Å²) in [6, 6.07) is 1.79. The first-order valence-corrected chi connectivity index (χ1v) is 7.58. The molecular formula is C17H22N2O2. The average Bonchev–Trinajstić information content (AvgIpc) is 3.31. The number of carbonyl (C=O) groups excluding carboxylic acids is 1. The molecule has 1 aliphatic rings. The molecular weight excluding hydrogens is 264 g/mol. The van der Waals surface area contributed by atoms with Crippen LogP contribution in [-0.2, 0) is 0 Å². The largest absolute Gasteiger partial charge is 0.395 e. The summed E-state index contributed by atoms with van der Waals surface area (Å²) in [6.45, 7) is 3.77. The molecule has 0 atom stereocenters. The smallest absolute Gasteiger partial charge is 0.255 e. The maximum atomic E-state index is 12.6. The summed E-state index contributed by atoms with van der Waals surface area (Å²) in [5.74, 6) is 6.50. The first kappa shape index (κ1) is 15.5. The van der Waals surface area contributed by atoms with Crippen molar-refractivity contribution in [2.45, 2.75) is 32.6 Å². The van der Waals surface area contributed by atoms with Crippen LogP contribution in [0.15, 0.2) is 18.5 Å². The SMILES string of the molecule is CCCN(CC1CC1)C(=O)c1cncc(C#CCCO)c1. The lowest BCUT2D eigenvalue weighted by atomic mass is 10.1. The number of aliphatic hydroxyl groups is 1. The predicted octanol–water partition coefficient (Wildman–Crippen LogP) is 2.08. The van der Waals surface area contributed by atoms with Crippen LogP contribution < -0.4 is 0 Å². The minimum absolute atomic E-state index is 0.0436. The molecule has 1 N–H and O–H groups in total. The number of amides is 1. The number of nitrogens with zero attached hydrogens (tertiary/aromatic N) is 2. The van der Waals surface area contributed by atoms with Gasteiger partial charge in [0.1, 0.15) is 0 Å². The standard InChI is InChI=1S/C17H22N2O2/c1-2-8-19(13-14-6-7-14)17(21)16-10-15(11-18-12-16)5-3-4-9-20/h10-12,14,20H,2,4,6-9,13H2,1H3. The predicted molar refractivity (Wildman–Crippen MR) is 81.7 cm³/mol. The Hall–Kier alpha value is -1.86. The number of rotatable bonds is 6. The van der Waals surface area contributed by atoms with Crippen LogP contribution in [0.4, 0.5) is 0 Å². The fraction of sp³-hybridized carbons (Fsp3) is 0.529. The molecule has 1 aliphatic carbocycles. The summed E-state index contributed by atoms with van der Waals surface area (Å²) in [6.07, 6.45) is 7.11. The number of aliphatic hydroxyl groups excluding tert-OH is 1. The van der Waals surface area contributed by atoms with Crippen molar-refractivity contribution in [3.8, 4) is 11.8 Å². The van der Waals surface area contributed by atoms with Gasteiger partial charge in [-0.2, -0.15) is 0 Å². The molecule has 1 amide bonds. The zero-order valence-electron chi connectivity index (χ0n) is 12.5. The number of aromatic nitrogens is 1. The van der Waals surface area contributed by atoms with E-state index >= 15 is 0 Å². The van der Waals surface area contributed by atoms with E-state index in [4.69, 9.17) is 5.11 Å². The second-order valence-corrected chi connectivity index (χ2v) is 5.43. The van der Waals surface area contributed by atoms with E-state index < -0.39 is 0 Å². The van der Waals surface area contributed by atoms with Crippen molar-refractivity contribution in [3.05, 3.63) is 29.6 Å². The van der Waals surface area contributed by atoms with Gasteiger partial charge in [0, 0.05) is 37.5 Å². The monoisotopic (exact) mass is 286 g/mol. The van der Waals surface area contributed by atoms with Crippen LogP contribution in [0.5, 0.6) is 0 Å². The molecule has 112 valence electrons. The second-order valence-electron chi connectivity index (χ2n) is 5.43. The van der Waals surface area contributed by atoms with Crippen molar-refractivity contribution in [1.29, 1.82) is 0 Å². The van der Waals surface area contributed by atoms with Crippen LogP contribution in [0.3, 0.4) is 0 Å². The van der Waals surface area contributed by atoms with Crippen LogP contribution in [0.1, 0.15) is 48.5 Å². The van der Waals surface area contributed by atoms with Gasteiger partial charge in [-0.15, -0.1) is 0 Å². The van der Waals surface area contributed by atoms with Gasteiger partial charge >= 0.3 is 0 Å². The van der Waals surface area contributed by atoms with Crippen LogP contribution >= 0.6 is 0 Å². The van der Waals surface area contributed by atoms with Crippen molar-refractivity contribution >= 4 is 5.91 Å². The van der Waals surface area contributed by atoms with Crippen molar-refractivity contribution in [3.63, 3.8) is 0 Å². The summed E-state index contributed by atoms with van der Waals surface area (Å²) in [5.41, 5.74) is 1.32. The first-order chi connectivity index (χ1) is 10.2. The molecule has 0 spiro atoms. The zero-order chi connectivity index (χ0) is 15.1. The molecule has 1 heterocycles. The van der Waals surface area contributed by atoms with Crippen molar-refractivity contribution in [2.75, 3.05) is 19.7 Å². The van der Waals surface area contributed by atoms with E-state index in [1.165, 1.54) is 12.8 Å². The van der Waals surface area contributed by atoms with Gasteiger partial charge in [-0.1, -0.05) is 18.8 Å². The molecule has 2 rings (SSSR count). The Labute approximate surface area is 126 Å². The fourth-order valence-electron chi connectivity index (χ4n) is 2.19. The van der Waals surface area contributed by atoms with Crippen LogP contribution in [0, 0.1) is 17.8 Å². The Kier molecular flexibility index (Phi) is 5.77. The third-order valence-corrected chi connectivity index (χ3v) is 3.41. The quantitative estimate of drug-likeness (QED) is 0.815. The first-order valence-electron chi connectivity index (χ1n) is 7.58. The van der Waals surface area contributed by atoms with Gasteiger partial charge in [0.25, 0.3) is 5.91 Å². The lowest BCUT2D eigenvalue weighted by Gasteiger charge is -2.22. The zero-order valence-corrected chi connectivity index (χ0v) is 12.5. The van der Waals surface area contributed by atoms with E-state index in [1.54, 1.807) is 18.5 Å². The van der Waals surface area contributed by atoms with Gasteiger partial charge in [-0.05, 0) is 31.2 Å². The van der Waals surface area contributed by atoms with Gasteiger partial charge in [-0.25, -0.2) is 0 Å². The third-order valence-electron chi connectivity index (χ3n) is 3.41. The molecule has 0 bridgehead atoms. The Bertz CT molecular complexity index is 541.